The van der Waals surface area contributed by atoms with Gasteiger partial charge in [0.2, 0.25) is 5.89 Å². The summed E-state index contributed by atoms with van der Waals surface area (Å²) in [6, 6.07) is 0. The third-order valence-corrected chi connectivity index (χ3v) is 4.57. The molecular weight excluding hydrogens is 272 g/mol. The number of carbonyl (C=O) groups is 1. The van der Waals surface area contributed by atoms with Crippen molar-refractivity contribution >= 4 is 5.97 Å². The summed E-state index contributed by atoms with van der Waals surface area (Å²) in [7, 11) is 1.41. The molecular formula is C15H22N2O4. The summed E-state index contributed by atoms with van der Waals surface area (Å²) in [5.74, 6) is 1.15. The van der Waals surface area contributed by atoms with Crippen molar-refractivity contribution in [2.45, 2.75) is 44.4 Å². The van der Waals surface area contributed by atoms with Crippen LogP contribution in [0.25, 0.3) is 0 Å². The summed E-state index contributed by atoms with van der Waals surface area (Å²) < 4.78 is 15.7. The minimum Gasteiger partial charge on any atom is -0.468 e. The molecule has 0 bridgehead atoms. The number of aromatic nitrogens is 2. The highest BCUT2D eigenvalue weighted by Gasteiger charge is 2.37. The van der Waals surface area contributed by atoms with Crippen molar-refractivity contribution in [3.63, 3.8) is 0 Å². The van der Waals surface area contributed by atoms with Crippen molar-refractivity contribution in [3.05, 3.63) is 11.7 Å². The Morgan fingerprint density at radius 3 is 2.86 bits per heavy atom. The Morgan fingerprint density at radius 2 is 2.19 bits per heavy atom. The van der Waals surface area contributed by atoms with Gasteiger partial charge < -0.3 is 14.0 Å². The van der Waals surface area contributed by atoms with Crippen LogP contribution in [-0.2, 0) is 20.7 Å². The number of carbonyl (C=O) groups excluding carboxylic acids is 1. The van der Waals surface area contributed by atoms with Gasteiger partial charge in [-0.15, -0.1) is 0 Å². The van der Waals surface area contributed by atoms with Gasteiger partial charge in [-0.3, -0.25) is 4.79 Å². The van der Waals surface area contributed by atoms with E-state index in [4.69, 9.17) is 14.0 Å². The molecule has 1 aromatic rings. The lowest BCUT2D eigenvalue weighted by Crippen LogP contribution is -2.22. The van der Waals surface area contributed by atoms with Crippen LogP contribution in [0.4, 0.5) is 0 Å². The summed E-state index contributed by atoms with van der Waals surface area (Å²) in [6.45, 7) is 1.56. The van der Waals surface area contributed by atoms with Crippen LogP contribution in [0.3, 0.4) is 0 Å². The van der Waals surface area contributed by atoms with E-state index in [1.807, 2.05) is 0 Å². The number of hydrogen-bond acceptors (Lipinski definition) is 6. The van der Waals surface area contributed by atoms with E-state index in [1.165, 1.54) is 7.11 Å². The van der Waals surface area contributed by atoms with Gasteiger partial charge in [-0.05, 0) is 31.1 Å². The highest BCUT2D eigenvalue weighted by atomic mass is 16.5. The van der Waals surface area contributed by atoms with E-state index in [1.54, 1.807) is 0 Å². The van der Waals surface area contributed by atoms with E-state index in [0.717, 1.165) is 51.7 Å². The maximum atomic E-state index is 12.1. The molecule has 0 amide bonds. The van der Waals surface area contributed by atoms with Crippen molar-refractivity contribution in [1.82, 2.24) is 10.1 Å². The summed E-state index contributed by atoms with van der Waals surface area (Å²) in [5, 5.41) is 4.04. The minimum atomic E-state index is -0.404. The smallest absolute Gasteiger partial charge is 0.318 e. The monoisotopic (exact) mass is 294 g/mol. The van der Waals surface area contributed by atoms with E-state index in [9.17, 15) is 4.79 Å². The lowest BCUT2D eigenvalue weighted by atomic mass is 9.91. The standard InChI is InChI=1S/C15H22N2O4/c1-19-15(18)13(11-4-2-3-5-11)14-16-12(17-21-14)8-10-6-7-20-9-10/h10-11,13H,2-9H2,1H3. The fourth-order valence-corrected chi connectivity index (χ4v) is 3.39. The van der Waals surface area contributed by atoms with Gasteiger partial charge in [-0.1, -0.05) is 18.0 Å². The van der Waals surface area contributed by atoms with Crippen molar-refractivity contribution < 1.29 is 18.8 Å². The SMILES string of the molecule is COC(=O)C(c1nc(CC2CCOC2)no1)C1CCCC1. The summed E-state index contributed by atoms with van der Waals surface area (Å²) in [5.41, 5.74) is 0. The number of methoxy groups -OCH3 is 1. The molecule has 1 saturated heterocycles. The van der Waals surface area contributed by atoms with Crippen LogP contribution in [0, 0.1) is 11.8 Å². The quantitative estimate of drug-likeness (QED) is 0.774. The second-order valence-electron chi connectivity index (χ2n) is 6.03. The van der Waals surface area contributed by atoms with E-state index in [2.05, 4.69) is 10.1 Å². The van der Waals surface area contributed by atoms with Gasteiger partial charge in [0.15, 0.2) is 5.82 Å². The number of rotatable bonds is 5. The third-order valence-electron chi connectivity index (χ3n) is 4.57. The molecule has 0 spiro atoms. The topological polar surface area (TPSA) is 74.5 Å². The first-order valence-electron chi connectivity index (χ1n) is 7.76. The van der Waals surface area contributed by atoms with Crippen LogP contribution >= 0.6 is 0 Å². The molecule has 0 radical (unpaired) electrons. The number of hydrogen-bond donors (Lipinski definition) is 0. The van der Waals surface area contributed by atoms with Gasteiger partial charge in [-0.2, -0.15) is 4.98 Å². The lowest BCUT2D eigenvalue weighted by Gasteiger charge is -2.16. The molecule has 2 fully saturated rings. The van der Waals surface area contributed by atoms with Crippen molar-refractivity contribution in [3.8, 4) is 0 Å². The predicted octanol–water partition coefficient (Wildman–Crippen LogP) is 2.10. The van der Waals surface area contributed by atoms with Crippen molar-refractivity contribution in [2.75, 3.05) is 20.3 Å². The molecule has 2 aliphatic rings. The van der Waals surface area contributed by atoms with Gasteiger partial charge >= 0.3 is 5.97 Å². The molecule has 0 N–H and O–H groups in total. The van der Waals surface area contributed by atoms with E-state index >= 15 is 0 Å². The van der Waals surface area contributed by atoms with Crippen LogP contribution in [0.2, 0.25) is 0 Å². The van der Waals surface area contributed by atoms with Gasteiger partial charge in [0.1, 0.15) is 5.92 Å². The van der Waals surface area contributed by atoms with Crippen LogP contribution in [0.1, 0.15) is 49.7 Å². The summed E-state index contributed by atoms with van der Waals surface area (Å²) >= 11 is 0. The Labute approximate surface area is 124 Å². The molecule has 1 aromatic heterocycles. The second kappa shape index (κ2) is 6.56. The van der Waals surface area contributed by atoms with Crippen LogP contribution in [0.15, 0.2) is 4.52 Å². The molecule has 21 heavy (non-hydrogen) atoms. The zero-order valence-electron chi connectivity index (χ0n) is 12.4. The average Bonchev–Trinajstić information content (AvgIpc) is 3.22. The van der Waals surface area contributed by atoms with E-state index < -0.39 is 5.92 Å². The third kappa shape index (κ3) is 3.26. The Morgan fingerprint density at radius 1 is 1.38 bits per heavy atom. The van der Waals surface area contributed by atoms with Crippen LogP contribution in [-0.4, -0.2) is 36.4 Å². The zero-order valence-corrected chi connectivity index (χ0v) is 12.4. The molecule has 3 rings (SSSR count). The Balaban J connectivity index is 1.72. The molecule has 1 saturated carbocycles. The Kier molecular flexibility index (Phi) is 4.53. The lowest BCUT2D eigenvalue weighted by molar-refractivity contribution is -0.144. The summed E-state index contributed by atoms with van der Waals surface area (Å²) in [4.78, 5) is 16.5. The highest BCUT2D eigenvalue weighted by molar-refractivity contribution is 5.77. The maximum Gasteiger partial charge on any atom is 0.318 e. The van der Waals surface area contributed by atoms with Crippen LogP contribution < -0.4 is 0 Å². The molecule has 0 aromatic carbocycles. The van der Waals surface area contributed by atoms with Crippen LogP contribution in [0.5, 0.6) is 0 Å². The van der Waals surface area contributed by atoms with Crippen molar-refractivity contribution in [2.24, 2.45) is 11.8 Å². The van der Waals surface area contributed by atoms with Gasteiger partial charge in [0.05, 0.1) is 7.11 Å². The summed E-state index contributed by atoms with van der Waals surface area (Å²) in [6.07, 6.45) is 6.13. The number of esters is 1. The first kappa shape index (κ1) is 14.5. The fourth-order valence-electron chi connectivity index (χ4n) is 3.39. The average molecular weight is 294 g/mol. The van der Waals surface area contributed by atoms with Gasteiger partial charge in [0, 0.05) is 19.6 Å². The van der Waals surface area contributed by atoms with Gasteiger partial charge in [-0.25, -0.2) is 0 Å². The molecule has 6 nitrogen and oxygen atoms in total. The maximum absolute atomic E-state index is 12.1. The van der Waals surface area contributed by atoms with Gasteiger partial charge in [0.25, 0.3) is 0 Å². The molecule has 1 aliphatic carbocycles. The Bertz CT molecular complexity index is 476. The fraction of sp³-hybridized carbons (Fsp3) is 0.800. The van der Waals surface area contributed by atoms with E-state index in [-0.39, 0.29) is 11.9 Å². The van der Waals surface area contributed by atoms with Crippen molar-refractivity contribution in [1.29, 1.82) is 0 Å². The molecule has 1 aliphatic heterocycles. The normalized spacial score (nSPS) is 24.3. The predicted molar refractivity (Wildman–Crippen MR) is 73.6 cm³/mol. The number of ether oxygens (including phenoxy) is 2. The van der Waals surface area contributed by atoms with E-state index in [0.29, 0.717) is 17.6 Å². The largest absolute Gasteiger partial charge is 0.468 e. The first-order chi connectivity index (χ1) is 10.3. The first-order valence-corrected chi connectivity index (χ1v) is 7.76. The number of nitrogens with zero attached hydrogens (tertiary/aromatic N) is 2. The highest BCUT2D eigenvalue weighted by Crippen LogP contribution is 2.37. The molecule has 116 valence electrons. The zero-order chi connectivity index (χ0) is 14.7. The Hall–Kier alpha value is -1.43. The molecule has 6 heteroatoms. The molecule has 2 atom stereocenters. The molecule has 2 unspecified atom stereocenters. The minimum absolute atomic E-state index is 0.263. The molecule has 2 heterocycles. The second-order valence-corrected chi connectivity index (χ2v) is 6.03.